The first-order chi connectivity index (χ1) is 9.63. The zero-order valence-corrected chi connectivity index (χ0v) is 12.7. The van der Waals surface area contributed by atoms with E-state index in [2.05, 4.69) is 0 Å². The molecular formula is C13H20N2O4P+. The molecule has 2 N–H and O–H groups in total. The van der Waals surface area contributed by atoms with Gasteiger partial charge in [-0.1, -0.05) is 18.2 Å². The van der Waals surface area contributed by atoms with Crippen LogP contribution in [0.4, 0.5) is 0 Å². The molecule has 0 heterocycles. The van der Waals surface area contributed by atoms with E-state index in [9.17, 15) is 9.36 Å². The molecule has 1 unspecified atom stereocenters. The minimum Gasteiger partial charge on any atom is -0.465 e. The summed E-state index contributed by atoms with van der Waals surface area (Å²) in [6.07, 6.45) is 0.639. The number of ether oxygens (including phenoxy) is 1. The molecule has 0 saturated heterocycles. The van der Waals surface area contributed by atoms with Gasteiger partial charge in [0.15, 0.2) is 11.8 Å². The molecule has 1 aromatic carbocycles. The van der Waals surface area contributed by atoms with E-state index in [0.717, 1.165) is 10.4 Å². The molecule has 6 nitrogen and oxygen atoms in total. The summed E-state index contributed by atoms with van der Waals surface area (Å²) in [5, 5.41) is 0. The lowest BCUT2D eigenvalue weighted by atomic mass is 10.1. The number of esters is 1. The molecule has 0 aromatic heterocycles. The van der Waals surface area contributed by atoms with Crippen molar-refractivity contribution in [3.63, 3.8) is 0 Å². The van der Waals surface area contributed by atoms with E-state index < -0.39 is 20.6 Å². The molecule has 0 saturated carbocycles. The maximum absolute atomic E-state index is 11.6. The van der Waals surface area contributed by atoms with Gasteiger partial charge in [-0.05, 0) is 43.0 Å². The first kappa shape index (κ1) is 16.6. The molecular weight excluding hydrogens is 279 g/mol. The van der Waals surface area contributed by atoms with Crippen molar-refractivity contribution < 1.29 is 18.9 Å². The molecule has 0 radical (unpaired) electrons. The Hall–Kier alpha value is -1.49. The van der Waals surface area contributed by atoms with Crippen LogP contribution in [0.3, 0.4) is 0 Å². The van der Waals surface area contributed by atoms with Gasteiger partial charge >= 0.3 is 14.6 Å². The molecule has 7 heteroatoms. The van der Waals surface area contributed by atoms with Crippen LogP contribution in [0.15, 0.2) is 24.3 Å². The predicted octanol–water partition coefficient (Wildman–Crippen LogP) is 1.67. The fourth-order valence-electron chi connectivity index (χ4n) is 1.60. The smallest absolute Gasteiger partial charge is 0.457 e. The minimum atomic E-state index is -0.921. The number of carbonyl (C=O) groups is 1. The van der Waals surface area contributed by atoms with Crippen molar-refractivity contribution in [3.05, 3.63) is 29.8 Å². The topological polar surface area (TPSA) is 81.9 Å². The van der Waals surface area contributed by atoms with Crippen LogP contribution >= 0.6 is 8.61 Å². The summed E-state index contributed by atoms with van der Waals surface area (Å²) in [5.41, 5.74) is 6.43. The summed E-state index contributed by atoms with van der Waals surface area (Å²) >= 11 is 0. The fraction of sp³-hybridized carbons (Fsp3) is 0.462. The third-order valence-electron chi connectivity index (χ3n) is 2.65. The Kier molecular flexibility index (Phi) is 7.15. The molecule has 1 rings (SSSR count). The first-order valence-electron chi connectivity index (χ1n) is 6.43. The fourth-order valence-corrected chi connectivity index (χ4v) is 2.00. The summed E-state index contributed by atoms with van der Waals surface area (Å²) in [5.74, 6) is 0.0598. The van der Waals surface area contributed by atoms with Crippen LogP contribution in [0.5, 0.6) is 5.75 Å². The lowest BCUT2D eigenvalue weighted by Crippen LogP contribution is -2.36. The van der Waals surface area contributed by atoms with E-state index in [1.165, 1.54) is 0 Å². The number of hydroxylamine groups is 1. The Bertz CT molecular complexity index is 456. The third-order valence-corrected chi connectivity index (χ3v) is 3.31. The molecule has 0 amide bonds. The second-order valence-corrected chi connectivity index (χ2v) is 4.71. The maximum atomic E-state index is 11.6. The number of para-hydroxylation sites is 1. The number of benzene rings is 1. The van der Waals surface area contributed by atoms with Crippen molar-refractivity contribution in [2.75, 3.05) is 13.2 Å². The largest absolute Gasteiger partial charge is 0.465 e. The molecule has 0 spiro atoms. The van der Waals surface area contributed by atoms with E-state index in [-0.39, 0.29) is 6.61 Å². The highest BCUT2D eigenvalue weighted by atomic mass is 31.1. The van der Waals surface area contributed by atoms with Crippen molar-refractivity contribution >= 4 is 14.6 Å². The van der Waals surface area contributed by atoms with Gasteiger partial charge in [-0.15, -0.1) is 0 Å². The van der Waals surface area contributed by atoms with Crippen molar-refractivity contribution in [1.82, 2.24) is 4.83 Å². The Labute approximate surface area is 120 Å². The first-order valence-corrected chi connectivity index (χ1v) is 7.29. The standard InChI is InChI=1S/C13H19N2O4P/c1-3-18-13(16)10(2)15(20-17)19-12-7-5-4-6-11(12)8-9-14/h4-7,10H,3,8-9,14H2,1-2H3/p+1/t10-/m0/s1. The SMILES string of the molecule is CCOC(=O)[C@H](C)N(Oc1ccccc1CCN)[PH+]=O. The van der Waals surface area contributed by atoms with E-state index in [1.807, 2.05) is 12.1 Å². The number of hydrogen-bond donors (Lipinski definition) is 1. The number of hydrogen-bond acceptors (Lipinski definition) is 5. The van der Waals surface area contributed by atoms with Crippen LogP contribution in [0.25, 0.3) is 0 Å². The number of rotatable bonds is 8. The van der Waals surface area contributed by atoms with E-state index in [1.54, 1.807) is 26.0 Å². The van der Waals surface area contributed by atoms with Gasteiger partial charge in [-0.2, -0.15) is 0 Å². The van der Waals surface area contributed by atoms with Gasteiger partial charge in [-0.3, -0.25) is 4.79 Å². The molecule has 0 aliphatic rings. The molecule has 0 bridgehead atoms. The van der Waals surface area contributed by atoms with Crippen LogP contribution < -0.4 is 10.6 Å². The van der Waals surface area contributed by atoms with E-state index in [4.69, 9.17) is 15.3 Å². The Morgan fingerprint density at radius 2 is 2.15 bits per heavy atom. The zero-order chi connectivity index (χ0) is 15.0. The molecule has 0 aliphatic carbocycles. The highest BCUT2D eigenvalue weighted by Gasteiger charge is 2.31. The van der Waals surface area contributed by atoms with Gasteiger partial charge in [0.2, 0.25) is 0 Å². The van der Waals surface area contributed by atoms with Gasteiger partial charge in [0.05, 0.1) is 11.4 Å². The van der Waals surface area contributed by atoms with E-state index in [0.29, 0.717) is 18.7 Å². The Balaban J connectivity index is 2.83. The van der Waals surface area contributed by atoms with E-state index >= 15 is 0 Å². The number of nitrogens with two attached hydrogens (primary N) is 1. The molecule has 0 fully saturated rings. The predicted molar refractivity (Wildman–Crippen MR) is 76.8 cm³/mol. The van der Waals surface area contributed by atoms with Gasteiger partial charge < -0.3 is 15.3 Å². The average Bonchev–Trinajstić information content (AvgIpc) is 2.46. The average molecular weight is 299 g/mol. The summed E-state index contributed by atoms with van der Waals surface area (Å²) < 4.78 is 16.1. The van der Waals surface area contributed by atoms with Crippen LogP contribution in [0.2, 0.25) is 0 Å². The second-order valence-electron chi connectivity index (χ2n) is 4.08. The molecule has 1 aromatic rings. The van der Waals surface area contributed by atoms with Crippen LogP contribution in [0, 0.1) is 0 Å². The molecule has 20 heavy (non-hydrogen) atoms. The monoisotopic (exact) mass is 299 g/mol. The summed E-state index contributed by atoms with van der Waals surface area (Å²) in [6.45, 7) is 4.04. The number of nitrogens with zero attached hydrogens (tertiary/aromatic N) is 1. The summed E-state index contributed by atoms with van der Waals surface area (Å²) in [6, 6.07) is 6.54. The highest BCUT2D eigenvalue weighted by Crippen LogP contribution is 2.23. The van der Waals surface area contributed by atoms with Crippen LogP contribution in [0.1, 0.15) is 19.4 Å². The molecule has 2 atom stereocenters. The van der Waals surface area contributed by atoms with Gasteiger partial charge in [0.25, 0.3) is 0 Å². The summed E-state index contributed by atoms with van der Waals surface area (Å²) in [7, 11) is -0.921. The Morgan fingerprint density at radius 3 is 2.75 bits per heavy atom. The number of carbonyl (C=O) groups excluding carboxylic acids is 1. The quantitative estimate of drug-likeness (QED) is 0.447. The zero-order valence-electron chi connectivity index (χ0n) is 11.7. The maximum Gasteiger partial charge on any atom is 0.457 e. The van der Waals surface area contributed by atoms with Crippen molar-refractivity contribution in [1.29, 1.82) is 0 Å². The molecule has 110 valence electrons. The highest BCUT2D eigenvalue weighted by molar-refractivity contribution is 7.20. The van der Waals surface area contributed by atoms with Crippen molar-refractivity contribution in [2.45, 2.75) is 26.3 Å². The van der Waals surface area contributed by atoms with Gasteiger partial charge in [0, 0.05) is 0 Å². The Morgan fingerprint density at radius 1 is 1.45 bits per heavy atom. The molecule has 0 aliphatic heterocycles. The lowest BCUT2D eigenvalue weighted by molar-refractivity contribution is -0.153. The lowest BCUT2D eigenvalue weighted by Gasteiger charge is -2.16. The van der Waals surface area contributed by atoms with Crippen LogP contribution in [-0.4, -0.2) is 30.0 Å². The van der Waals surface area contributed by atoms with Crippen LogP contribution in [-0.2, 0) is 20.5 Å². The third kappa shape index (κ3) is 4.56. The second kappa shape index (κ2) is 8.64. The van der Waals surface area contributed by atoms with Gasteiger partial charge in [-0.25, -0.2) is 0 Å². The van der Waals surface area contributed by atoms with Crippen molar-refractivity contribution in [2.24, 2.45) is 5.73 Å². The van der Waals surface area contributed by atoms with Crippen molar-refractivity contribution in [3.8, 4) is 5.75 Å². The minimum absolute atomic E-state index is 0.267. The summed E-state index contributed by atoms with van der Waals surface area (Å²) in [4.78, 5) is 18.3. The van der Waals surface area contributed by atoms with Gasteiger partial charge in [0.1, 0.15) is 0 Å². The normalized spacial score (nSPS) is 12.4.